The number of aromatic hydroxyl groups is 1. The summed E-state index contributed by atoms with van der Waals surface area (Å²) in [5, 5.41) is 16.6. The molecular formula is C13H11N3O2S. The molecule has 19 heavy (non-hydrogen) atoms. The van der Waals surface area contributed by atoms with Gasteiger partial charge in [0.05, 0.1) is 22.7 Å². The summed E-state index contributed by atoms with van der Waals surface area (Å²) in [6.45, 7) is 1.96. The Balaban J connectivity index is 1.86. The number of aryl methyl sites for hydroxylation is 1. The van der Waals surface area contributed by atoms with Gasteiger partial charge in [0.15, 0.2) is 5.82 Å². The molecule has 0 saturated heterocycles. The van der Waals surface area contributed by atoms with E-state index in [9.17, 15) is 5.11 Å². The van der Waals surface area contributed by atoms with E-state index in [1.165, 1.54) is 0 Å². The number of hydrogen-bond acceptors (Lipinski definition) is 6. The van der Waals surface area contributed by atoms with E-state index in [0.717, 1.165) is 10.7 Å². The van der Waals surface area contributed by atoms with Crippen molar-refractivity contribution >= 4 is 11.3 Å². The molecule has 0 unspecified atom stereocenters. The summed E-state index contributed by atoms with van der Waals surface area (Å²) in [6, 6.07) is 6.87. The first-order chi connectivity index (χ1) is 9.22. The third-order valence-corrected chi connectivity index (χ3v) is 3.43. The minimum atomic E-state index is 0.127. The molecule has 0 radical (unpaired) electrons. The van der Waals surface area contributed by atoms with Gasteiger partial charge in [0.2, 0.25) is 0 Å². The normalized spacial score (nSPS) is 10.8. The van der Waals surface area contributed by atoms with Gasteiger partial charge in [-0.05, 0) is 19.1 Å². The molecule has 2 heterocycles. The summed E-state index contributed by atoms with van der Waals surface area (Å²) in [7, 11) is 0. The quantitative estimate of drug-likeness (QED) is 0.794. The average Bonchev–Trinajstić information content (AvgIpc) is 3.00. The third-order valence-electron chi connectivity index (χ3n) is 2.61. The number of nitrogens with zero attached hydrogens (tertiary/aromatic N) is 3. The number of para-hydroxylation sites is 1. The summed E-state index contributed by atoms with van der Waals surface area (Å²) in [6.07, 6.45) is 0.529. The van der Waals surface area contributed by atoms with Gasteiger partial charge in [0, 0.05) is 5.38 Å². The lowest BCUT2D eigenvalue weighted by Gasteiger charge is -1.96. The van der Waals surface area contributed by atoms with Gasteiger partial charge in [-0.2, -0.15) is 4.98 Å². The fourth-order valence-corrected chi connectivity index (χ4v) is 2.35. The Morgan fingerprint density at radius 2 is 2.11 bits per heavy atom. The van der Waals surface area contributed by atoms with Gasteiger partial charge in [0.25, 0.3) is 5.89 Å². The monoisotopic (exact) mass is 273 g/mol. The standard InChI is InChI=1S/C13H11N3O2S/c1-8-14-9(7-19-8)6-12-15-13(18-16-12)10-4-2-3-5-11(10)17/h2-5,7,17H,6H2,1H3. The Bertz CT molecular complexity index is 705. The average molecular weight is 273 g/mol. The third kappa shape index (κ3) is 2.48. The van der Waals surface area contributed by atoms with E-state index in [1.54, 1.807) is 29.5 Å². The highest BCUT2D eigenvalue weighted by Gasteiger charge is 2.13. The molecule has 0 aliphatic heterocycles. The maximum absolute atomic E-state index is 9.73. The molecule has 0 atom stereocenters. The van der Waals surface area contributed by atoms with Crippen molar-refractivity contribution in [3.8, 4) is 17.2 Å². The van der Waals surface area contributed by atoms with Crippen molar-refractivity contribution in [2.24, 2.45) is 0 Å². The van der Waals surface area contributed by atoms with Crippen LogP contribution < -0.4 is 0 Å². The van der Waals surface area contributed by atoms with Crippen LogP contribution in [0.3, 0.4) is 0 Å². The van der Waals surface area contributed by atoms with E-state index in [0.29, 0.717) is 23.7 Å². The predicted molar refractivity (Wildman–Crippen MR) is 71.1 cm³/mol. The largest absolute Gasteiger partial charge is 0.507 e. The lowest BCUT2D eigenvalue weighted by Crippen LogP contribution is -1.91. The highest BCUT2D eigenvalue weighted by Crippen LogP contribution is 2.27. The maximum Gasteiger partial charge on any atom is 0.261 e. The Morgan fingerprint density at radius 3 is 2.84 bits per heavy atom. The number of thiazole rings is 1. The number of rotatable bonds is 3. The van der Waals surface area contributed by atoms with Crippen LogP contribution in [0.15, 0.2) is 34.2 Å². The lowest BCUT2D eigenvalue weighted by molar-refractivity contribution is 0.418. The van der Waals surface area contributed by atoms with E-state index in [1.807, 2.05) is 18.4 Å². The van der Waals surface area contributed by atoms with Crippen LogP contribution in [0.4, 0.5) is 0 Å². The van der Waals surface area contributed by atoms with Crippen molar-refractivity contribution in [2.45, 2.75) is 13.3 Å². The van der Waals surface area contributed by atoms with Gasteiger partial charge < -0.3 is 9.63 Å². The SMILES string of the molecule is Cc1nc(Cc2noc(-c3ccccc3O)n2)cs1. The van der Waals surface area contributed by atoms with Crippen LogP contribution in [0.5, 0.6) is 5.75 Å². The fraction of sp³-hybridized carbons (Fsp3) is 0.154. The van der Waals surface area contributed by atoms with Crippen LogP contribution in [-0.4, -0.2) is 20.2 Å². The van der Waals surface area contributed by atoms with Crippen molar-refractivity contribution in [3.05, 3.63) is 46.2 Å². The molecule has 1 N–H and O–H groups in total. The van der Waals surface area contributed by atoms with Gasteiger partial charge >= 0.3 is 0 Å². The van der Waals surface area contributed by atoms with Gasteiger partial charge in [-0.1, -0.05) is 17.3 Å². The first kappa shape index (κ1) is 11.9. The lowest BCUT2D eigenvalue weighted by atomic mass is 10.2. The van der Waals surface area contributed by atoms with Crippen molar-refractivity contribution < 1.29 is 9.63 Å². The van der Waals surface area contributed by atoms with Crippen molar-refractivity contribution in [2.75, 3.05) is 0 Å². The number of phenols is 1. The van der Waals surface area contributed by atoms with Gasteiger partial charge in [-0.3, -0.25) is 0 Å². The minimum absolute atomic E-state index is 0.127. The van der Waals surface area contributed by atoms with Crippen molar-refractivity contribution in [1.82, 2.24) is 15.1 Å². The first-order valence-corrected chi connectivity index (χ1v) is 6.62. The van der Waals surface area contributed by atoms with Crippen LogP contribution in [-0.2, 0) is 6.42 Å². The molecule has 0 aliphatic carbocycles. The molecule has 6 heteroatoms. The van der Waals surface area contributed by atoms with E-state index < -0.39 is 0 Å². The fourth-order valence-electron chi connectivity index (χ4n) is 1.74. The molecule has 96 valence electrons. The first-order valence-electron chi connectivity index (χ1n) is 5.74. The highest BCUT2D eigenvalue weighted by atomic mass is 32.1. The molecule has 0 aliphatic rings. The predicted octanol–water partition coefficient (Wildman–Crippen LogP) is 2.80. The second-order valence-corrected chi connectivity index (χ2v) is 5.13. The molecule has 0 saturated carbocycles. The maximum atomic E-state index is 9.73. The molecule has 5 nitrogen and oxygen atoms in total. The smallest absolute Gasteiger partial charge is 0.261 e. The molecular weight excluding hydrogens is 262 g/mol. The van der Waals surface area contributed by atoms with E-state index >= 15 is 0 Å². The van der Waals surface area contributed by atoms with Crippen LogP contribution in [0.2, 0.25) is 0 Å². The molecule has 3 rings (SSSR count). The zero-order valence-electron chi connectivity index (χ0n) is 10.2. The zero-order valence-corrected chi connectivity index (χ0v) is 11.0. The second-order valence-electron chi connectivity index (χ2n) is 4.07. The Labute approximate surface area is 113 Å². The molecule has 2 aromatic heterocycles. The summed E-state index contributed by atoms with van der Waals surface area (Å²) < 4.78 is 5.17. The zero-order chi connectivity index (χ0) is 13.2. The summed E-state index contributed by atoms with van der Waals surface area (Å²) >= 11 is 1.59. The van der Waals surface area contributed by atoms with Crippen LogP contribution in [0.25, 0.3) is 11.5 Å². The van der Waals surface area contributed by atoms with Gasteiger partial charge in [-0.15, -0.1) is 11.3 Å². The number of benzene rings is 1. The Kier molecular flexibility index (Phi) is 3.00. The Morgan fingerprint density at radius 1 is 1.26 bits per heavy atom. The molecule has 0 amide bonds. The number of hydrogen-bond donors (Lipinski definition) is 1. The summed E-state index contributed by atoms with van der Waals surface area (Å²) in [5.41, 5.74) is 1.46. The number of phenolic OH excluding ortho intramolecular Hbond substituents is 1. The van der Waals surface area contributed by atoms with Gasteiger partial charge in [-0.25, -0.2) is 4.98 Å². The van der Waals surface area contributed by atoms with E-state index in [-0.39, 0.29) is 5.75 Å². The second kappa shape index (κ2) is 4.81. The number of aromatic nitrogens is 3. The van der Waals surface area contributed by atoms with Crippen LogP contribution >= 0.6 is 11.3 Å². The van der Waals surface area contributed by atoms with Crippen LogP contribution in [0, 0.1) is 6.92 Å². The summed E-state index contributed by atoms with van der Waals surface area (Å²) in [4.78, 5) is 8.63. The topological polar surface area (TPSA) is 72.0 Å². The molecule has 0 bridgehead atoms. The molecule has 0 spiro atoms. The highest BCUT2D eigenvalue weighted by molar-refractivity contribution is 7.09. The van der Waals surface area contributed by atoms with Gasteiger partial charge in [0.1, 0.15) is 5.75 Å². The Hall–Kier alpha value is -2.21. The van der Waals surface area contributed by atoms with Crippen molar-refractivity contribution in [3.63, 3.8) is 0 Å². The van der Waals surface area contributed by atoms with E-state index in [2.05, 4.69) is 15.1 Å². The van der Waals surface area contributed by atoms with E-state index in [4.69, 9.17) is 4.52 Å². The molecule has 1 aromatic carbocycles. The molecule has 3 aromatic rings. The molecule has 0 fully saturated rings. The minimum Gasteiger partial charge on any atom is -0.507 e. The van der Waals surface area contributed by atoms with Crippen LogP contribution in [0.1, 0.15) is 16.5 Å². The van der Waals surface area contributed by atoms with Crippen molar-refractivity contribution in [1.29, 1.82) is 0 Å². The summed E-state index contributed by atoms with van der Waals surface area (Å²) in [5.74, 6) is 1.01.